The number of benzene rings is 1. The SMILES string of the molecule is COc1nn(C2OC(C)O2)c2cccc(Br)c12. The number of aromatic nitrogens is 2. The molecule has 0 bridgehead atoms. The van der Waals surface area contributed by atoms with Gasteiger partial charge in [0.2, 0.25) is 5.88 Å². The topological polar surface area (TPSA) is 45.5 Å². The molecule has 0 saturated carbocycles. The zero-order valence-corrected chi connectivity index (χ0v) is 11.0. The van der Waals surface area contributed by atoms with Crippen LogP contribution < -0.4 is 4.74 Å². The highest BCUT2D eigenvalue weighted by Crippen LogP contribution is 2.36. The van der Waals surface area contributed by atoms with Crippen LogP contribution >= 0.6 is 15.9 Å². The highest BCUT2D eigenvalue weighted by molar-refractivity contribution is 9.10. The molecule has 0 atom stereocenters. The summed E-state index contributed by atoms with van der Waals surface area (Å²) in [7, 11) is 1.59. The molecular weight excluding hydrogens is 288 g/mol. The van der Waals surface area contributed by atoms with Gasteiger partial charge in [-0.15, -0.1) is 5.10 Å². The summed E-state index contributed by atoms with van der Waals surface area (Å²) >= 11 is 3.49. The normalized spacial score (nSPS) is 23.7. The fraction of sp³-hybridized carbons (Fsp3) is 0.364. The van der Waals surface area contributed by atoms with Gasteiger partial charge in [0.1, 0.15) is 0 Å². The highest BCUT2D eigenvalue weighted by atomic mass is 79.9. The smallest absolute Gasteiger partial charge is 0.264 e. The van der Waals surface area contributed by atoms with Crippen LogP contribution in [-0.2, 0) is 9.47 Å². The van der Waals surface area contributed by atoms with E-state index in [1.807, 2.05) is 25.1 Å². The molecule has 0 N–H and O–H groups in total. The Bertz CT molecular complexity index is 563. The molecule has 0 spiro atoms. The number of hydrogen-bond acceptors (Lipinski definition) is 4. The van der Waals surface area contributed by atoms with Gasteiger partial charge in [0, 0.05) is 4.47 Å². The number of nitrogens with zero attached hydrogens (tertiary/aromatic N) is 2. The van der Waals surface area contributed by atoms with Gasteiger partial charge in [0.25, 0.3) is 6.41 Å². The van der Waals surface area contributed by atoms with Crippen molar-refractivity contribution in [2.45, 2.75) is 19.6 Å². The van der Waals surface area contributed by atoms with Gasteiger partial charge in [0.05, 0.1) is 18.0 Å². The molecule has 3 rings (SSSR count). The van der Waals surface area contributed by atoms with E-state index in [9.17, 15) is 0 Å². The Morgan fingerprint density at radius 1 is 1.41 bits per heavy atom. The summed E-state index contributed by atoms with van der Waals surface area (Å²) in [5.41, 5.74) is 0.910. The summed E-state index contributed by atoms with van der Waals surface area (Å²) in [5.74, 6) is 0.555. The first kappa shape index (κ1) is 11.0. The van der Waals surface area contributed by atoms with Gasteiger partial charge < -0.3 is 14.2 Å². The lowest BCUT2D eigenvalue weighted by Gasteiger charge is -2.33. The molecule has 1 aliphatic rings. The number of hydrogen-bond donors (Lipinski definition) is 0. The van der Waals surface area contributed by atoms with Gasteiger partial charge in [-0.2, -0.15) is 0 Å². The predicted octanol–water partition coefficient (Wildman–Crippen LogP) is 2.66. The standard InChI is InChI=1S/C11H11BrN2O3/c1-6-16-11(17-6)14-8-5-3-4-7(12)9(8)10(13-14)15-2/h3-6,11H,1-2H3. The lowest BCUT2D eigenvalue weighted by molar-refractivity contribution is -0.414. The molecular formula is C11H11BrN2O3. The van der Waals surface area contributed by atoms with Crippen LogP contribution in [0.25, 0.3) is 10.9 Å². The van der Waals surface area contributed by atoms with Crippen LogP contribution in [0.2, 0.25) is 0 Å². The van der Waals surface area contributed by atoms with E-state index in [1.54, 1.807) is 11.8 Å². The van der Waals surface area contributed by atoms with Crippen molar-refractivity contribution in [1.82, 2.24) is 9.78 Å². The molecule has 0 aliphatic carbocycles. The summed E-state index contributed by atoms with van der Waals surface area (Å²) in [6, 6.07) is 5.83. The van der Waals surface area contributed by atoms with Crippen molar-refractivity contribution < 1.29 is 14.2 Å². The van der Waals surface area contributed by atoms with Crippen molar-refractivity contribution in [2.75, 3.05) is 7.11 Å². The quantitative estimate of drug-likeness (QED) is 0.855. The molecule has 90 valence electrons. The van der Waals surface area contributed by atoms with Gasteiger partial charge in [-0.05, 0) is 35.0 Å². The number of ether oxygens (including phenoxy) is 3. The second kappa shape index (κ2) is 3.97. The lowest BCUT2D eigenvalue weighted by atomic mass is 10.2. The van der Waals surface area contributed by atoms with Gasteiger partial charge in [-0.3, -0.25) is 0 Å². The largest absolute Gasteiger partial charge is 0.479 e. The average molecular weight is 299 g/mol. The molecule has 2 aromatic rings. The number of halogens is 1. The molecule has 1 aliphatic heterocycles. The van der Waals surface area contributed by atoms with Crippen molar-refractivity contribution in [3.63, 3.8) is 0 Å². The molecule has 1 aromatic carbocycles. The van der Waals surface area contributed by atoms with Crippen molar-refractivity contribution >= 4 is 26.8 Å². The summed E-state index contributed by atoms with van der Waals surface area (Å²) in [4.78, 5) is 0. The van der Waals surface area contributed by atoms with Crippen LogP contribution in [0.5, 0.6) is 5.88 Å². The average Bonchev–Trinajstić information content (AvgIpc) is 2.65. The van der Waals surface area contributed by atoms with Gasteiger partial charge in [-0.25, -0.2) is 4.68 Å². The number of methoxy groups -OCH3 is 1. The fourth-order valence-corrected chi connectivity index (χ4v) is 2.40. The van der Waals surface area contributed by atoms with E-state index >= 15 is 0 Å². The van der Waals surface area contributed by atoms with E-state index in [0.29, 0.717) is 5.88 Å². The van der Waals surface area contributed by atoms with Crippen molar-refractivity contribution in [1.29, 1.82) is 0 Å². The summed E-state index contributed by atoms with van der Waals surface area (Å²) in [5, 5.41) is 5.26. The number of fused-ring (bicyclic) bond motifs is 1. The molecule has 0 amide bonds. The first-order valence-electron chi connectivity index (χ1n) is 5.22. The summed E-state index contributed by atoms with van der Waals surface area (Å²) < 4.78 is 18.8. The first-order valence-corrected chi connectivity index (χ1v) is 6.01. The Balaban J connectivity index is 2.16. The molecule has 0 unspecified atom stereocenters. The third-order valence-corrected chi connectivity index (χ3v) is 3.32. The molecule has 5 nitrogen and oxygen atoms in total. The Hall–Kier alpha value is -1.11. The van der Waals surface area contributed by atoms with Crippen LogP contribution in [0.4, 0.5) is 0 Å². The van der Waals surface area contributed by atoms with E-state index in [2.05, 4.69) is 21.0 Å². The first-order chi connectivity index (χ1) is 8.20. The minimum Gasteiger partial charge on any atom is -0.479 e. The Morgan fingerprint density at radius 3 is 2.82 bits per heavy atom. The second-order valence-corrected chi connectivity index (χ2v) is 4.59. The van der Waals surface area contributed by atoms with Crippen molar-refractivity contribution in [2.24, 2.45) is 0 Å². The maximum absolute atomic E-state index is 5.44. The fourth-order valence-electron chi connectivity index (χ4n) is 1.87. The van der Waals surface area contributed by atoms with E-state index in [4.69, 9.17) is 14.2 Å². The lowest BCUT2D eigenvalue weighted by Crippen LogP contribution is -2.36. The molecule has 1 aromatic heterocycles. The molecule has 0 radical (unpaired) electrons. The molecule has 1 fully saturated rings. The Labute approximate surface area is 106 Å². The number of rotatable bonds is 2. The minimum absolute atomic E-state index is 0.183. The van der Waals surface area contributed by atoms with E-state index in [1.165, 1.54) is 0 Å². The van der Waals surface area contributed by atoms with Crippen LogP contribution in [0.1, 0.15) is 13.3 Å². The van der Waals surface area contributed by atoms with E-state index in [-0.39, 0.29) is 6.29 Å². The summed E-state index contributed by atoms with van der Waals surface area (Å²) in [6.45, 7) is 1.84. The second-order valence-electron chi connectivity index (χ2n) is 3.73. The molecule has 6 heteroatoms. The third kappa shape index (κ3) is 1.64. The van der Waals surface area contributed by atoms with Crippen LogP contribution in [0.15, 0.2) is 22.7 Å². The van der Waals surface area contributed by atoms with Crippen molar-refractivity contribution in [3.05, 3.63) is 22.7 Å². The minimum atomic E-state index is -0.467. The van der Waals surface area contributed by atoms with Crippen LogP contribution in [-0.4, -0.2) is 23.2 Å². The molecule has 1 saturated heterocycles. The van der Waals surface area contributed by atoms with E-state index < -0.39 is 6.41 Å². The van der Waals surface area contributed by atoms with Crippen LogP contribution in [0, 0.1) is 0 Å². The molecule has 17 heavy (non-hydrogen) atoms. The molecule has 2 heterocycles. The van der Waals surface area contributed by atoms with Gasteiger partial charge in [-0.1, -0.05) is 6.07 Å². The van der Waals surface area contributed by atoms with E-state index in [0.717, 1.165) is 15.4 Å². The van der Waals surface area contributed by atoms with Crippen LogP contribution in [0.3, 0.4) is 0 Å². The van der Waals surface area contributed by atoms with Gasteiger partial charge in [0.15, 0.2) is 6.29 Å². The monoisotopic (exact) mass is 298 g/mol. The third-order valence-electron chi connectivity index (χ3n) is 2.66. The Morgan fingerprint density at radius 2 is 2.18 bits per heavy atom. The Kier molecular flexibility index (Phi) is 2.57. The zero-order chi connectivity index (χ0) is 12.0. The highest BCUT2D eigenvalue weighted by Gasteiger charge is 2.31. The zero-order valence-electron chi connectivity index (χ0n) is 9.38. The predicted molar refractivity (Wildman–Crippen MR) is 64.7 cm³/mol. The summed E-state index contributed by atoms with van der Waals surface area (Å²) in [6.07, 6.45) is -0.650. The maximum Gasteiger partial charge on any atom is 0.264 e. The van der Waals surface area contributed by atoms with Gasteiger partial charge >= 0.3 is 0 Å². The van der Waals surface area contributed by atoms with Crippen molar-refractivity contribution in [3.8, 4) is 5.88 Å². The maximum atomic E-state index is 5.44.